The smallest absolute Gasteiger partial charge is 0.338 e. The van der Waals surface area contributed by atoms with Gasteiger partial charge in [0.25, 0.3) is 0 Å². The zero-order valence-electron chi connectivity index (χ0n) is 13.7. The van der Waals surface area contributed by atoms with Crippen LogP contribution in [0.15, 0.2) is 59.8 Å². The molecule has 0 unspecified atom stereocenters. The minimum absolute atomic E-state index is 0.237. The number of alkyl halides is 1. The summed E-state index contributed by atoms with van der Waals surface area (Å²) in [5.74, 6) is -0.763. The standard InChI is InChI=1S/C19H19FNO4/c1-13(22)18(17(20)12-21-24-2)25-19(23)16-10-8-15(9-11-16)14-6-4-3-5-7-14/h3-13,17-18,22H,1H2,2H3/b21-12+/t13-,17-,18-/m1/s1. The molecule has 0 amide bonds. The number of hydrogen-bond acceptors (Lipinski definition) is 5. The van der Waals surface area contributed by atoms with Crippen LogP contribution < -0.4 is 0 Å². The van der Waals surface area contributed by atoms with Gasteiger partial charge in [0.1, 0.15) is 7.11 Å². The van der Waals surface area contributed by atoms with Crippen LogP contribution in [0.3, 0.4) is 0 Å². The maximum absolute atomic E-state index is 14.0. The zero-order chi connectivity index (χ0) is 18.2. The third-order valence-corrected chi connectivity index (χ3v) is 3.47. The largest absolute Gasteiger partial charge is 0.452 e. The van der Waals surface area contributed by atoms with Gasteiger partial charge in [0.15, 0.2) is 12.3 Å². The Morgan fingerprint density at radius 3 is 2.32 bits per heavy atom. The van der Waals surface area contributed by atoms with Crippen LogP contribution >= 0.6 is 0 Å². The Balaban J connectivity index is 2.10. The van der Waals surface area contributed by atoms with E-state index in [0.717, 1.165) is 17.3 Å². The van der Waals surface area contributed by atoms with Gasteiger partial charge < -0.3 is 14.7 Å². The van der Waals surface area contributed by atoms with Gasteiger partial charge in [-0.3, -0.25) is 0 Å². The number of aliphatic hydroxyl groups is 1. The number of carbonyl (C=O) groups excluding carboxylic acids is 1. The highest BCUT2D eigenvalue weighted by atomic mass is 19.1. The minimum atomic E-state index is -1.85. The van der Waals surface area contributed by atoms with Crippen molar-refractivity contribution in [2.45, 2.75) is 18.4 Å². The summed E-state index contributed by atoms with van der Waals surface area (Å²) >= 11 is 0. The summed E-state index contributed by atoms with van der Waals surface area (Å²) in [7, 11) is 1.25. The van der Waals surface area contributed by atoms with E-state index in [9.17, 15) is 14.3 Å². The molecule has 2 rings (SSSR count). The summed E-state index contributed by atoms with van der Waals surface area (Å²) < 4.78 is 19.0. The summed E-state index contributed by atoms with van der Waals surface area (Å²) in [6.07, 6.45) is -3.99. The van der Waals surface area contributed by atoms with Crippen molar-refractivity contribution in [1.29, 1.82) is 0 Å². The quantitative estimate of drug-likeness (QED) is 0.476. The maximum Gasteiger partial charge on any atom is 0.338 e. The van der Waals surface area contributed by atoms with Crippen LogP contribution in [-0.4, -0.2) is 42.8 Å². The van der Waals surface area contributed by atoms with Crippen molar-refractivity contribution in [3.63, 3.8) is 0 Å². The molecule has 5 nitrogen and oxygen atoms in total. The molecule has 2 aromatic carbocycles. The van der Waals surface area contributed by atoms with E-state index in [2.05, 4.69) is 16.9 Å². The van der Waals surface area contributed by atoms with E-state index in [4.69, 9.17) is 4.74 Å². The molecule has 0 bridgehead atoms. The Labute approximate surface area is 145 Å². The highest BCUT2D eigenvalue weighted by Crippen LogP contribution is 2.20. The van der Waals surface area contributed by atoms with E-state index in [0.29, 0.717) is 0 Å². The van der Waals surface area contributed by atoms with Gasteiger partial charge in [-0.2, -0.15) is 0 Å². The predicted molar refractivity (Wildman–Crippen MR) is 92.8 cm³/mol. The van der Waals surface area contributed by atoms with Crippen molar-refractivity contribution >= 4 is 12.2 Å². The first-order valence-electron chi connectivity index (χ1n) is 7.61. The third kappa shape index (κ3) is 5.12. The first-order valence-corrected chi connectivity index (χ1v) is 7.61. The van der Waals surface area contributed by atoms with E-state index in [1.165, 1.54) is 7.11 Å². The summed E-state index contributed by atoms with van der Waals surface area (Å²) in [5, 5.41) is 12.8. The Morgan fingerprint density at radius 1 is 1.16 bits per heavy atom. The fourth-order valence-electron chi connectivity index (χ4n) is 2.18. The number of halogens is 1. The lowest BCUT2D eigenvalue weighted by atomic mass is 10.0. The normalized spacial score (nSPS) is 14.7. The fourth-order valence-corrected chi connectivity index (χ4v) is 2.18. The van der Waals surface area contributed by atoms with Crippen molar-refractivity contribution in [2.24, 2.45) is 5.16 Å². The molecular weight excluding hydrogens is 325 g/mol. The van der Waals surface area contributed by atoms with Gasteiger partial charge in [-0.15, -0.1) is 0 Å². The molecule has 0 saturated carbocycles. The number of ether oxygens (including phenoxy) is 1. The van der Waals surface area contributed by atoms with Crippen LogP contribution in [0.2, 0.25) is 0 Å². The molecule has 3 atom stereocenters. The summed E-state index contributed by atoms with van der Waals surface area (Å²) in [6.45, 7) is 3.30. The van der Waals surface area contributed by atoms with Gasteiger partial charge in [0.2, 0.25) is 0 Å². The van der Waals surface area contributed by atoms with Gasteiger partial charge in [-0.25, -0.2) is 9.18 Å². The van der Waals surface area contributed by atoms with Gasteiger partial charge in [-0.05, 0) is 30.2 Å². The molecule has 0 spiro atoms. The topological polar surface area (TPSA) is 68.1 Å². The van der Waals surface area contributed by atoms with Crippen molar-refractivity contribution < 1.29 is 23.9 Å². The van der Waals surface area contributed by atoms with Crippen LogP contribution in [0.5, 0.6) is 0 Å². The van der Waals surface area contributed by atoms with Gasteiger partial charge in [-0.1, -0.05) is 47.6 Å². The van der Waals surface area contributed by atoms with Gasteiger partial charge >= 0.3 is 5.97 Å². The summed E-state index contributed by atoms with van der Waals surface area (Å²) in [6, 6.07) is 16.3. The zero-order valence-corrected chi connectivity index (χ0v) is 13.7. The lowest BCUT2D eigenvalue weighted by molar-refractivity contribution is -0.0232. The molecule has 25 heavy (non-hydrogen) atoms. The van der Waals surface area contributed by atoms with Gasteiger partial charge in [0, 0.05) is 0 Å². The number of carbonyl (C=O) groups is 1. The average molecular weight is 344 g/mol. The van der Waals surface area contributed by atoms with Crippen LogP contribution in [0.25, 0.3) is 11.1 Å². The Hall–Kier alpha value is -2.73. The van der Waals surface area contributed by atoms with Gasteiger partial charge in [0.05, 0.1) is 17.9 Å². The third-order valence-electron chi connectivity index (χ3n) is 3.47. The van der Waals surface area contributed by atoms with E-state index < -0.39 is 24.3 Å². The highest BCUT2D eigenvalue weighted by molar-refractivity contribution is 5.90. The molecule has 6 heteroatoms. The lowest BCUT2D eigenvalue weighted by Gasteiger charge is -2.21. The first-order chi connectivity index (χ1) is 12.0. The molecular formula is C19H19FNO4. The van der Waals surface area contributed by atoms with Crippen molar-refractivity contribution in [3.05, 3.63) is 67.1 Å². The number of aliphatic hydroxyl groups excluding tert-OH is 1. The van der Waals surface area contributed by atoms with E-state index in [1.807, 2.05) is 30.3 Å². The van der Waals surface area contributed by atoms with Crippen molar-refractivity contribution in [2.75, 3.05) is 7.11 Å². The fraction of sp³-hybridized carbons (Fsp3) is 0.211. The molecule has 0 aliphatic rings. The van der Waals surface area contributed by atoms with Crippen LogP contribution in [0.1, 0.15) is 10.4 Å². The van der Waals surface area contributed by atoms with E-state index in [-0.39, 0.29) is 5.56 Å². The molecule has 0 aliphatic heterocycles. The second-order valence-corrected chi connectivity index (χ2v) is 5.26. The van der Waals surface area contributed by atoms with Crippen LogP contribution in [0.4, 0.5) is 4.39 Å². The summed E-state index contributed by atoms with van der Waals surface area (Å²) in [5.41, 5.74) is 2.18. The molecule has 131 valence electrons. The Morgan fingerprint density at radius 2 is 1.76 bits per heavy atom. The number of rotatable bonds is 7. The number of nitrogens with zero attached hydrogens (tertiary/aromatic N) is 1. The number of benzene rings is 2. The monoisotopic (exact) mass is 344 g/mol. The molecule has 0 aromatic heterocycles. The summed E-state index contributed by atoms with van der Waals surface area (Å²) in [4.78, 5) is 16.6. The van der Waals surface area contributed by atoms with Crippen LogP contribution in [0, 0.1) is 6.92 Å². The number of oxime groups is 1. The Kier molecular flexibility index (Phi) is 6.65. The second kappa shape index (κ2) is 8.94. The van der Waals surface area contributed by atoms with E-state index >= 15 is 0 Å². The lowest BCUT2D eigenvalue weighted by Crippen LogP contribution is -2.38. The molecule has 2 aromatic rings. The Bertz CT molecular complexity index is 701. The van der Waals surface area contributed by atoms with Crippen molar-refractivity contribution in [1.82, 2.24) is 0 Å². The predicted octanol–water partition coefficient (Wildman–Crippen LogP) is 3.04. The second-order valence-electron chi connectivity index (χ2n) is 5.26. The maximum atomic E-state index is 14.0. The highest BCUT2D eigenvalue weighted by Gasteiger charge is 2.29. The number of hydrogen-bond donors (Lipinski definition) is 1. The van der Waals surface area contributed by atoms with Crippen LogP contribution in [-0.2, 0) is 9.57 Å². The number of esters is 1. The molecule has 1 radical (unpaired) electrons. The minimum Gasteiger partial charge on any atom is -0.452 e. The average Bonchev–Trinajstić information content (AvgIpc) is 2.64. The molecule has 0 heterocycles. The molecule has 1 N–H and O–H groups in total. The molecule has 0 saturated heterocycles. The SMILES string of the molecule is [CH2][C@@H](O)[C@@H](OC(=O)c1ccc(-c2ccccc2)cc1)[C@H](F)/C=N/OC. The molecule has 0 aliphatic carbocycles. The van der Waals surface area contributed by atoms with E-state index in [1.54, 1.807) is 24.3 Å². The molecule has 0 fully saturated rings. The first kappa shape index (κ1) is 18.6. The van der Waals surface area contributed by atoms with Crippen molar-refractivity contribution in [3.8, 4) is 11.1 Å².